The van der Waals surface area contributed by atoms with E-state index in [4.69, 9.17) is 22.0 Å². The largest absolute Gasteiger partial charge is 0.435 e. The van der Waals surface area contributed by atoms with Crippen LogP contribution in [0.1, 0.15) is 5.56 Å². The third-order valence-electron chi connectivity index (χ3n) is 1.91. The first-order valence-electron chi connectivity index (χ1n) is 4.28. The molecule has 0 heterocycles. The topological polar surface area (TPSA) is 53.2 Å². The standard InChI is InChI=1S/C10H8ClF2NO2/c11-10(5-14,6-15)7-2-1-3-8(4-7)16-9(12)13/h1-4,9,15H,6H2. The summed E-state index contributed by atoms with van der Waals surface area (Å²) in [5, 5.41) is 17.7. The van der Waals surface area contributed by atoms with Crippen molar-refractivity contribution in [1.29, 1.82) is 5.26 Å². The highest BCUT2D eigenvalue weighted by atomic mass is 35.5. The van der Waals surface area contributed by atoms with Gasteiger partial charge in [-0.1, -0.05) is 23.7 Å². The molecule has 3 nitrogen and oxygen atoms in total. The lowest BCUT2D eigenvalue weighted by atomic mass is 10.0. The molecule has 0 saturated heterocycles. The zero-order valence-corrected chi connectivity index (χ0v) is 8.79. The second-order valence-electron chi connectivity index (χ2n) is 2.98. The zero-order chi connectivity index (χ0) is 12.2. The molecular formula is C10H8ClF2NO2. The van der Waals surface area contributed by atoms with Gasteiger partial charge in [0, 0.05) is 0 Å². The second kappa shape index (κ2) is 5.10. The van der Waals surface area contributed by atoms with Crippen LogP contribution in [0, 0.1) is 11.3 Å². The van der Waals surface area contributed by atoms with Gasteiger partial charge in [-0.15, -0.1) is 0 Å². The fraction of sp³-hybridized carbons (Fsp3) is 0.300. The van der Waals surface area contributed by atoms with Crippen molar-refractivity contribution in [3.05, 3.63) is 29.8 Å². The van der Waals surface area contributed by atoms with E-state index >= 15 is 0 Å². The number of halogens is 3. The van der Waals surface area contributed by atoms with Crippen LogP contribution in [0.5, 0.6) is 5.75 Å². The highest BCUT2D eigenvalue weighted by Gasteiger charge is 2.29. The number of ether oxygens (including phenoxy) is 1. The van der Waals surface area contributed by atoms with Gasteiger partial charge in [-0.2, -0.15) is 14.0 Å². The summed E-state index contributed by atoms with van der Waals surface area (Å²) in [5.41, 5.74) is 0.206. The molecule has 0 aliphatic rings. The highest BCUT2D eigenvalue weighted by Crippen LogP contribution is 2.30. The van der Waals surface area contributed by atoms with Crippen molar-refractivity contribution in [2.75, 3.05) is 6.61 Å². The fourth-order valence-electron chi connectivity index (χ4n) is 1.11. The molecule has 1 N–H and O–H groups in total. The fourth-order valence-corrected chi connectivity index (χ4v) is 1.23. The van der Waals surface area contributed by atoms with Gasteiger partial charge in [0.25, 0.3) is 0 Å². The number of rotatable bonds is 4. The number of hydrogen-bond donors (Lipinski definition) is 1. The van der Waals surface area contributed by atoms with Gasteiger partial charge in [-0.05, 0) is 17.7 Å². The molecule has 1 atom stereocenters. The lowest BCUT2D eigenvalue weighted by Crippen LogP contribution is -2.21. The number of alkyl halides is 3. The maximum Gasteiger partial charge on any atom is 0.387 e. The van der Waals surface area contributed by atoms with E-state index in [1.54, 1.807) is 6.07 Å². The molecule has 1 unspecified atom stereocenters. The van der Waals surface area contributed by atoms with Gasteiger partial charge in [0.2, 0.25) is 0 Å². The van der Waals surface area contributed by atoms with E-state index < -0.39 is 18.1 Å². The SMILES string of the molecule is N#CC(Cl)(CO)c1cccc(OC(F)F)c1. The van der Waals surface area contributed by atoms with E-state index in [2.05, 4.69) is 4.74 Å². The first kappa shape index (κ1) is 12.7. The van der Waals surface area contributed by atoms with Crippen LogP contribution < -0.4 is 4.74 Å². The number of aliphatic hydroxyl groups excluding tert-OH is 1. The van der Waals surface area contributed by atoms with Gasteiger partial charge in [0.1, 0.15) is 5.75 Å². The van der Waals surface area contributed by atoms with E-state index in [0.717, 1.165) is 0 Å². The van der Waals surface area contributed by atoms with Gasteiger partial charge in [0.15, 0.2) is 4.87 Å². The molecule has 0 saturated carbocycles. The van der Waals surface area contributed by atoms with Gasteiger partial charge in [0.05, 0.1) is 12.7 Å². The van der Waals surface area contributed by atoms with Crippen molar-refractivity contribution in [1.82, 2.24) is 0 Å². The first-order valence-corrected chi connectivity index (χ1v) is 4.66. The van der Waals surface area contributed by atoms with Crippen molar-refractivity contribution < 1.29 is 18.6 Å². The summed E-state index contributed by atoms with van der Waals surface area (Å²) >= 11 is 5.79. The van der Waals surface area contributed by atoms with Gasteiger partial charge in [-0.25, -0.2) is 0 Å². The lowest BCUT2D eigenvalue weighted by Gasteiger charge is -2.17. The van der Waals surface area contributed by atoms with E-state index in [1.807, 2.05) is 0 Å². The van der Waals surface area contributed by atoms with Gasteiger partial charge in [-0.3, -0.25) is 0 Å². The Kier molecular flexibility index (Phi) is 4.05. The van der Waals surface area contributed by atoms with Crippen LogP contribution >= 0.6 is 11.6 Å². The average Bonchev–Trinajstić information content (AvgIpc) is 2.27. The van der Waals surface area contributed by atoms with Crippen molar-refractivity contribution in [3.8, 4) is 11.8 Å². The Morgan fingerprint density at radius 2 is 2.25 bits per heavy atom. The maximum absolute atomic E-state index is 11.9. The Morgan fingerprint density at radius 1 is 1.56 bits per heavy atom. The molecule has 0 aliphatic carbocycles. The quantitative estimate of drug-likeness (QED) is 0.830. The van der Waals surface area contributed by atoms with E-state index in [0.29, 0.717) is 0 Å². The molecule has 0 aromatic heterocycles. The van der Waals surface area contributed by atoms with Crippen LogP contribution in [0.4, 0.5) is 8.78 Å². The van der Waals surface area contributed by atoms with Crippen LogP contribution in [0.25, 0.3) is 0 Å². The minimum absolute atomic E-state index is 0.110. The van der Waals surface area contributed by atoms with Crippen LogP contribution in [0.2, 0.25) is 0 Å². The summed E-state index contributed by atoms with van der Waals surface area (Å²) in [6, 6.07) is 7.06. The van der Waals surface area contributed by atoms with Crippen LogP contribution in [0.3, 0.4) is 0 Å². The highest BCUT2D eigenvalue weighted by molar-refractivity contribution is 6.26. The molecule has 6 heteroatoms. The smallest absolute Gasteiger partial charge is 0.387 e. The zero-order valence-electron chi connectivity index (χ0n) is 8.03. The number of nitriles is 1. The molecule has 0 spiro atoms. The first-order chi connectivity index (χ1) is 7.51. The normalized spacial score (nSPS) is 14.2. The molecule has 1 aromatic carbocycles. The molecule has 0 amide bonds. The molecule has 0 aliphatic heterocycles. The number of hydrogen-bond acceptors (Lipinski definition) is 3. The van der Waals surface area contributed by atoms with Crippen LogP contribution in [0.15, 0.2) is 24.3 Å². The molecule has 1 rings (SSSR count). The van der Waals surface area contributed by atoms with E-state index in [9.17, 15) is 8.78 Å². The maximum atomic E-state index is 11.9. The second-order valence-corrected chi connectivity index (χ2v) is 3.62. The molecule has 16 heavy (non-hydrogen) atoms. The summed E-state index contributed by atoms with van der Waals surface area (Å²) in [6.45, 7) is -3.57. The average molecular weight is 248 g/mol. The monoisotopic (exact) mass is 247 g/mol. The van der Waals surface area contributed by atoms with E-state index in [1.165, 1.54) is 24.3 Å². The summed E-state index contributed by atoms with van der Waals surface area (Å²) in [6.07, 6.45) is 0. The summed E-state index contributed by atoms with van der Waals surface area (Å²) in [7, 11) is 0. The molecule has 0 fully saturated rings. The molecule has 1 aromatic rings. The van der Waals surface area contributed by atoms with Crippen molar-refractivity contribution in [3.63, 3.8) is 0 Å². The number of nitrogens with zero attached hydrogens (tertiary/aromatic N) is 1. The lowest BCUT2D eigenvalue weighted by molar-refractivity contribution is -0.0499. The van der Waals surface area contributed by atoms with Crippen molar-refractivity contribution >= 4 is 11.6 Å². The molecular weight excluding hydrogens is 240 g/mol. The number of aliphatic hydroxyl groups is 1. The Bertz CT molecular complexity index is 408. The van der Waals surface area contributed by atoms with E-state index in [-0.39, 0.29) is 11.3 Å². The van der Waals surface area contributed by atoms with Crippen molar-refractivity contribution in [2.45, 2.75) is 11.5 Å². The minimum atomic E-state index is -2.95. The Balaban J connectivity index is 3.03. The summed E-state index contributed by atoms with van der Waals surface area (Å²) < 4.78 is 28.0. The third-order valence-corrected chi connectivity index (χ3v) is 2.33. The summed E-state index contributed by atoms with van der Waals surface area (Å²) in [5.74, 6) is -0.110. The van der Waals surface area contributed by atoms with Crippen LogP contribution in [-0.2, 0) is 4.87 Å². The summed E-state index contributed by atoms with van der Waals surface area (Å²) in [4.78, 5) is -1.64. The predicted octanol–water partition coefficient (Wildman–Crippen LogP) is 2.24. The van der Waals surface area contributed by atoms with Gasteiger partial charge < -0.3 is 9.84 Å². The Labute approximate surface area is 95.8 Å². The van der Waals surface area contributed by atoms with Crippen LogP contribution in [-0.4, -0.2) is 18.3 Å². The molecule has 86 valence electrons. The molecule has 0 bridgehead atoms. The van der Waals surface area contributed by atoms with Gasteiger partial charge >= 0.3 is 6.61 Å². The Hall–Kier alpha value is -1.38. The number of benzene rings is 1. The predicted molar refractivity (Wildman–Crippen MR) is 53.3 cm³/mol. The Morgan fingerprint density at radius 3 is 2.75 bits per heavy atom. The molecule has 0 radical (unpaired) electrons. The van der Waals surface area contributed by atoms with Crippen molar-refractivity contribution in [2.24, 2.45) is 0 Å². The minimum Gasteiger partial charge on any atom is -0.435 e. The third kappa shape index (κ3) is 2.81.